The highest BCUT2D eigenvalue weighted by Crippen LogP contribution is 2.17. The smallest absolute Gasteiger partial charge is 0.257 e. The number of nitrogens with one attached hydrogen (secondary N) is 1. The number of ether oxygens (including phenoxy) is 1. The maximum absolute atomic E-state index is 13.8. The largest absolute Gasteiger partial charge is 0.372 e. The van der Waals surface area contributed by atoms with Crippen molar-refractivity contribution < 1.29 is 23.1 Å². The van der Waals surface area contributed by atoms with E-state index in [4.69, 9.17) is 4.74 Å². The van der Waals surface area contributed by atoms with Crippen LogP contribution in [0.1, 0.15) is 38.1 Å². The van der Waals surface area contributed by atoms with E-state index in [-0.39, 0.29) is 24.0 Å². The lowest BCUT2D eigenvalue weighted by Crippen LogP contribution is -2.56. The quantitative estimate of drug-likeness (QED) is 0.903. The summed E-state index contributed by atoms with van der Waals surface area (Å²) in [5, 5.41) is 2.49. The molecule has 0 aliphatic carbocycles. The summed E-state index contributed by atoms with van der Waals surface area (Å²) >= 11 is 0. The van der Waals surface area contributed by atoms with Gasteiger partial charge in [-0.15, -0.1) is 0 Å². The SMILES string of the molecule is CC(C)[C@@H](NC(=O)c1c(F)cccc1F)C(=O)N1C[C@@H](C)O[C@@H](C)C1. The van der Waals surface area contributed by atoms with Gasteiger partial charge in [0.25, 0.3) is 5.91 Å². The molecule has 0 unspecified atom stereocenters. The number of carbonyl (C=O) groups excluding carboxylic acids is 2. The summed E-state index contributed by atoms with van der Waals surface area (Å²) in [4.78, 5) is 26.8. The van der Waals surface area contributed by atoms with Crippen LogP contribution in [0.5, 0.6) is 0 Å². The third kappa shape index (κ3) is 4.54. The number of rotatable bonds is 4. The highest BCUT2D eigenvalue weighted by atomic mass is 19.1. The number of benzene rings is 1. The van der Waals surface area contributed by atoms with Gasteiger partial charge in [0.2, 0.25) is 5.91 Å². The Balaban J connectivity index is 2.18. The lowest BCUT2D eigenvalue weighted by Gasteiger charge is -2.38. The lowest BCUT2D eigenvalue weighted by atomic mass is 10.0. The van der Waals surface area contributed by atoms with E-state index < -0.39 is 29.1 Å². The van der Waals surface area contributed by atoms with Crippen molar-refractivity contribution in [3.8, 4) is 0 Å². The Bertz CT molecular complexity index is 621. The molecule has 2 amide bonds. The van der Waals surface area contributed by atoms with E-state index in [0.29, 0.717) is 13.1 Å². The fraction of sp³-hybridized carbons (Fsp3) is 0.556. The Morgan fingerprint density at radius 3 is 2.16 bits per heavy atom. The highest BCUT2D eigenvalue weighted by Gasteiger charge is 2.34. The predicted molar refractivity (Wildman–Crippen MR) is 89.0 cm³/mol. The molecule has 1 saturated heterocycles. The third-order valence-corrected chi connectivity index (χ3v) is 4.14. The normalized spacial score (nSPS) is 22.0. The summed E-state index contributed by atoms with van der Waals surface area (Å²) in [5.74, 6) is -3.36. The zero-order valence-electron chi connectivity index (χ0n) is 14.9. The van der Waals surface area contributed by atoms with Crippen molar-refractivity contribution in [1.29, 1.82) is 0 Å². The van der Waals surface area contributed by atoms with Crippen LogP contribution in [0.25, 0.3) is 0 Å². The first-order valence-electron chi connectivity index (χ1n) is 8.39. The molecule has 1 aromatic rings. The minimum Gasteiger partial charge on any atom is -0.372 e. The third-order valence-electron chi connectivity index (χ3n) is 4.14. The van der Waals surface area contributed by atoms with Crippen LogP contribution in [0, 0.1) is 17.6 Å². The van der Waals surface area contributed by atoms with Crippen LogP contribution in [0.15, 0.2) is 18.2 Å². The van der Waals surface area contributed by atoms with Crippen molar-refractivity contribution >= 4 is 11.8 Å². The van der Waals surface area contributed by atoms with Gasteiger partial charge < -0.3 is 15.0 Å². The van der Waals surface area contributed by atoms with Gasteiger partial charge in [0, 0.05) is 13.1 Å². The fourth-order valence-corrected chi connectivity index (χ4v) is 3.00. The Morgan fingerprint density at radius 2 is 1.68 bits per heavy atom. The van der Waals surface area contributed by atoms with Gasteiger partial charge >= 0.3 is 0 Å². The molecule has 1 N–H and O–H groups in total. The summed E-state index contributed by atoms with van der Waals surface area (Å²) in [5.41, 5.74) is -0.676. The van der Waals surface area contributed by atoms with E-state index >= 15 is 0 Å². The van der Waals surface area contributed by atoms with Crippen molar-refractivity contribution in [2.75, 3.05) is 13.1 Å². The van der Waals surface area contributed by atoms with Gasteiger partial charge in [0.05, 0.1) is 12.2 Å². The molecule has 1 aliphatic rings. The molecule has 0 bridgehead atoms. The van der Waals surface area contributed by atoms with Gasteiger partial charge in [-0.25, -0.2) is 8.78 Å². The average Bonchev–Trinajstić information content (AvgIpc) is 2.50. The van der Waals surface area contributed by atoms with E-state index in [0.717, 1.165) is 12.1 Å². The second kappa shape index (κ2) is 7.91. The van der Waals surface area contributed by atoms with E-state index in [1.54, 1.807) is 18.7 Å². The number of hydrogen-bond donors (Lipinski definition) is 1. The highest BCUT2D eigenvalue weighted by molar-refractivity contribution is 5.98. The topological polar surface area (TPSA) is 58.6 Å². The van der Waals surface area contributed by atoms with Crippen LogP contribution < -0.4 is 5.32 Å². The molecule has 1 fully saturated rings. The molecule has 7 heteroatoms. The summed E-state index contributed by atoms with van der Waals surface area (Å²) in [6, 6.07) is 2.33. The molecule has 138 valence electrons. The zero-order valence-corrected chi connectivity index (χ0v) is 14.9. The van der Waals surface area contributed by atoms with Gasteiger partial charge in [-0.1, -0.05) is 19.9 Å². The Labute approximate surface area is 146 Å². The standard InChI is InChI=1S/C18H24F2N2O3/c1-10(2)16(18(24)22-8-11(3)25-12(4)9-22)21-17(23)15-13(19)6-5-7-14(15)20/h5-7,10-12,16H,8-9H2,1-4H3,(H,21,23)/t11-,12+,16-/m1/s1. The van der Waals surface area contributed by atoms with Gasteiger partial charge in [-0.05, 0) is 31.9 Å². The molecule has 5 nitrogen and oxygen atoms in total. The van der Waals surface area contributed by atoms with Gasteiger partial charge in [-0.2, -0.15) is 0 Å². The second-order valence-corrected chi connectivity index (χ2v) is 6.79. The molecule has 0 spiro atoms. The van der Waals surface area contributed by atoms with E-state index in [1.807, 2.05) is 13.8 Å². The number of halogens is 2. The molecule has 1 aromatic carbocycles. The maximum Gasteiger partial charge on any atom is 0.257 e. The second-order valence-electron chi connectivity index (χ2n) is 6.79. The van der Waals surface area contributed by atoms with Crippen LogP contribution in [0.3, 0.4) is 0 Å². The summed E-state index contributed by atoms with van der Waals surface area (Å²) in [7, 11) is 0. The van der Waals surface area contributed by atoms with Crippen molar-refractivity contribution in [3.05, 3.63) is 35.4 Å². The fourth-order valence-electron chi connectivity index (χ4n) is 3.00. The number of morpholine rings is 1. The number of hydrogen-bond acceptors (Lipinski definition) is 3. The van der Waals surface area contributed by atoms with Crippen LogP contribution >= 0.6 is 0 Å². The first-order chi connectivity index (χ1) is 11.7. The van der Waals surface area contributed by atoms with Gasteiger partial charge in [0.1, 0.15) is 23.2 Å². The molecule has 2 rings (SSSR count). The minimum atomic E-state index is -0.957. The molecule has 3 atom stereocenters. The van der Waals surface area contributed by atoms with Gasteiger partial charge in [0.15, 0.2) is 0 Å². The minimum absolute atomic E-state index is 0.111. The number of carbonyl (C=O) groups is 2. The summed E-state index contributed by atoms with van der Waals surface area (Å²) < 4.78 is 33.2. The predicted octanol–water partition coefficient (Wildman–Crippen LogP) is 2.36. The zero-order chi connectivity index (χ0) is 18.7. The molecule has 1 aliphatic heterocycles. The summed E-state index contributed by atoms with van der Waals surface area (Å²) in [6.45, 7) is 8.11. The lowest BCUT2D eigenvalue weighted by molar-refractivity contribution is -0.146. The molecular formula is C18H24F2N2O3. The molecule has 1 heterocycles. The molecular weight excluding hydrogens is 330 g/mol. The maximum atomic E-state index is 13.8. The molecule has 25 heavy (non-hydrogen) atoms. The van der Waals surface area contributed by atoms with E-state index in [9.17, 15) is 18.4 Å². The molecule has 0 radical (unpaired) electrons. The monoisotopic (exact) mass is 354 g/mol. The Morgan fingerprint density at radius 1 is 1.16 bits per heavy atom. The van der Waals surface area contributed by atoms with Gasteiger partial charge in [-0.3, -0.25) is 9.59 Å². The van der Waals surface area contributed by atoms with Crippen molar-refractivity contribution in [2.45, 2.75) is 45.9 Å². The molecule has 0 aromatic heterocycles. The van der Waals surface area contributed by atoms with Crippen molar-refractivity contribution in [2.24, 2.45) is 5.92 Å². The van der Waals surface area contributed by atoms with Crippen LogP contribution in [0.2, 0.25) is 0 Å². The average molecular weight is 354 g/mol. The van der Waals surface area contributed by atoms with Crippen molar-refractivity contribution in [3.63, 3.8) is 0 Å². The van der Waals surface area contributed by atoms with E-state index in [1.165, 1.54) is 6.07 Å². The summed E-state index contributed by atoms with van der Waals surface area (Å²) in [6.07, 6.45) is -0.222. The van der Waals surface area contributed by atoms with Crippen LogP contribution in [-0.2, 0) is 9.53 Å². The van der Waals surface area contributed by atoms with Crippen LogP contribution in [0.4, 0.5) is 8.78 Å². The Kier molecular flexibility index (Phi) is 6.11. The first-order valence-corrected chi connectivity index (χ1v) is 8.39. The van der Waals surface area contributed by atoms with Crippen molar-refractivity contribution in [1.82, 2.24) is 10.2 Å². The Hall–Kier alpha value is -2.02. The van der Waals surface area contributed by atoms with E-state index in [2.05, 4.69) is 5.32 Å². The number of nitrogens with zero attached hydrogens (tertiary/aromatic N) is 1. The first kappa shape index (κ1) is 19.3. The van der Waals surface area contributed by atoms with Crippen LogP contribution in [-0.4, -0.2) is 48.1 Å². The number of amides is 2. The molecule has 0 saturated carbocycles.